The fraction of sp³-hybridized carbons (Fsp3) is 0.0526. The van der Waals surface area contributed by atoms with Crippen LogP contribution >= 0.6 is 22.9 Å². The number of halogens is 2. The summed E-state index contributed by atoms with van der Waals surface area (Å²) in [6.45, 7) is 0.119. The fourth-order valence-electron chi connectivity index (χ4n) is 2.54. The predicted octanol–water partition coefficient (Wildman–Crippen LogP) is 5.28. The van der Waals surface area contributed by atoms with Crippen LogP contribution in [-0.4, -0.2) is 10.9 Å². The molecule has 0 fully saturated rings. The summed E-state index contributed by atoms with van der Waals surface area (Å²) in [6, 6.07) is 15.5. The van der Waals surface area contributed by atoms with Crippen molar-refractivity contribution in [1.29, 1.82) is 0 Å². The van der Waals surface area contributed by atoms with Gasteiger partial charge in [-0.3, -0.25) is 4.79 Å². The summed E-state index contributed by atoms with van der Waals surface area (Å²) < 4.78 is 20.6. The summed E-state index contributed by atoms with van der Waals surface area (Å²) in [5.74, 6) is -0.0879. The number of benzene rings is 2. The van der Waals surface area contributed by atoms with Crippen LogP contribution in [0.1, 0.15) is 16.1 Å². The van der Waals surface area contributed by atoms with E-state index in [9.17, 15) is 9.18 Å². The van der Waals surface area contributed by atoms with Crippen molar-refractivity contribution in [3.8, 4) is 10.8 Å². The van der Waals surface area contributed by atoms with Gasteiger partial charge in [-0.15, -0.1) is 11.3 Å². The second-order valence-electron chi connectivity index (χ2n) is 5.53. The van der Waals surface area contributed by atoms with Crippen LogP contribution in [0.2, 0.25) is 5.02 Å². The molecule has 1 N–H and O–H groups in total. The molecule has 0 spiro atoms. The normalized spacial score (nSPS) is 11.0. The Morgan fingerprint density at radius 1 is 1.15 bits per heavy atom. The number of nitrogens with zero attached hydrogens (tertiary/aromatic N) is 1. The third-order valence-electron chi connectivity index (χ3n) is 3.78. The smallest absolute Gasteiger partial charge is 0.256 e. The number of nitrogens with one attached hydrogen (secondary N) is 1. The molecule has 0 saturated heterocycles. The number of para-hydroxylation sites is 1. The molecule has 0 saturated carbocycles. The maximum Gasteiger partial charge on any atom is 0.256 e. The lowest BCUT2D eigenvalue weighted by Crippen LogP contribution is -2.24. The largest absolute Gasteiger partial charge is 0.457 e. The Morgan fingerprint density at radius 2 is 2.00 bits per heavy atom. The Bertz CT molecular complexity index is 1050. The first kappa shape index (κ1) is 16.8. The quantitative estimate of drug-likeness (QED) is 0.519. The van der Waals surface area contributed by atoms with Gasteiger partial charge in [0.05, 0.1) is 27.3 Å². The number of fused-ring (bicyclic) bond motifs is 1. The number of rotatable bonds is 4. The van der Waals surface area contributed by atoms with Gasteiger partial charge in [-0.2, -0.15) is 0 Å². The minimum absolute atomic E-state index is 0.0668. The number of carbonyl (C=O) groups excluding carboxylic acids is 1. The second-order valence-corrected chi connectivity index (χ2v) is 6.97. The van der Waals surface area contributed by atoms with Crippen molar-refractivity contribution in [1.82, 2.24) is 10.3 Å². The van der Waals surface area contributed by atoms with Gasteiger partial charge < -0.3 is 9.73 Å². The lowest BCUT2D eigenvalue weighted by molar-refractivity contribution is 0.0944. The zero-order valence-corrected chi connectivity index (χ0v) is 14.9. The molecule has 2 aromatic heterocycles. The van der Waals surface area contributed by atoms with Gasteiger partial charge in [-0.25, -0.2) is 9.37 Å². The second kappa shape index (κ2) is 6.90. The van der Waals surface area contributed by atoms with Crippen LogP contribution in [0.4, 0.5) is 4.39 Å². The first-order valence-corrected chi connectivity index (χ1v) is 8.98. The van der Waals surface area contributed by atoms with Crippen molar-refractivity contribution in [2.45, 2.75) is 6.54 Å². The lowest BCUT2D eigenvalue weighted by atomic mass is 10.2. The SMILES string of the molecule is O=C(NCc1ccc(-c2nc3ccccc3s2)o1)c1c(F)cccc1Cl. The standard InChI is InChI=1S/C19H12ClFN2O2S/c20-12-4-3-5-13(21)17(12)18(24)22-10-11-8-9-15(25-11)19-23-14-6-1-2-7-16(14)26-19/h1-9H,10H2,(H,22,24). The summed E-state index contributed by atoms with van der Waals surface area (Å²) in [6.07, 6.45) is 0. The molecule has 0 atom stereocenters. The van der Waals surface area contributed by atoms with Crippen molar-refractivity contribution in [2.24, 2.45) is 0 Å². The fourth-order valence-corrected chi connectivity index (χ4v) is 3.71. The van der Waals surface area contributed by atoms with Crippen molar-refractivity contribution in [3.05, 3.63) is 76.8 Å². The van der Waals surface area contributed by atoms with Crippen LogP contribution in [-0.2, 0) is 6.54 Å². The van der Waals surface area contributed by atoms with Gasteiger partial charge in [-0.1, -0.05) is 29.8 Å². The number of hydrogen-bond donors (Lipinski definition) is 1. The van der Waals surface area contributed by atoms with Gasteiger partial charge >= 0.3 is 0 Å². The molecule has 7 heteroatoms. The number of carbonyl (C=O) groups is 1. The van der Waals surface area contributed by atoms with Crippen LogP contribution in [0.3, 0.4) is 0 Å². The lowest BCUT2D eigenvalue weighted by Gasteiger charge is -2.06. The number of amides is 1. The Balaban J connectivity index is 1.49. The molecule has 130 valence electrons. The van der Waals surface area contributed by atoms with E-state index in [0.29, 0.717) is 11.5 Å². The molecule has 0 aliphatic rings. The van der Waals surface area contributed by atoms with Crippen molar-refractivity contribution in [2.75, 3.05) is 0 Å². The highest BCUT2D eigenvalue weighted by Gasteiger charge is 2.16. The molecular weight excluding hydrogens is 375 g/mol. The molecule has 0 bridgehead atoms. The molecule has 4 nitrogen and oxygen atoms in total. The third-order valence-corrected chi connectivity index (χ3v) is 5.15. The van der Waals surface area contributed by atoms with E-state index >= 15 is 0 Å². The van der Waals surface area contributed by atoms with Crippen LogP contribution in [0.15, 0.2) is 59.0 Å². The summed E-state index contributed by atoms with van der Waals surface area (Å²) in [5.41, 5.74) is 0.736. The minimum atomic E-state index is -0.662. The first-order valence-electron chi connectivity index (χ1n) is 7.78. The highest BCUT2D eigenvalue weighted by Crippen LogP contribution is 2.31. The third kappa shape index (κ3) is 3.21. The van der Waals surface area contributed by atoms with Crippen molar-refractivity contribution in [3.63, 3.8) is 0 Å². The zero-order valence-electron chi connectivity index (χ0n) is 13.3. The summed E-state index contributed by atoms with van der Waals surface area (Å²) >= 11 is 7.43. The predicted molar refractivity (Wildman–Crippen MR) is 99.9 cm³/mol. The summed E-state index contributed by atoms with van der Waals surface area (Å²) in [4.78, 5) is 16.7. The summed E-state index contributed by atoms with van der Waals surface area (Å²) in [7, 11) is 0. The molecule has 0 aliphatic heterocycles. The number of thiazole rings is 1. The maximum atomic E-state index is 13.8. The van der Waals surface area contributed by atoms with E-state index in [1.807, 2.05) is 24.3 Å². The van der Waals surface area contributed by atoms with Crippen LogP contribution in [0.25, 0.3) is 21.0 Å². The monoisotopic (exact) mass is 386 g/mol. The van der Waals surface area contributed by atoms with Gasteiger partial charge in [0.15, 0.2) is 10.8 Å². The average molecular weight is 387 g/mol. The molecule has 2 aromatic carbocycles. The van der Waals surface area contributed by atoms with Crippen molar-refractivity contribution < 1.29 is 13.6 Å². The zero-order chi connectivity index (χ0) is 18.1. The maximum absolute atomic E-state index is 13.8. The van der Waals surface area contributed by atoms with E-state index in [1.54, 1.807) is 12.1 Å². The molecule has 0 radical (unpaired) electrons. The highest BCUT2D eigenvalue weighted by atomic mass is 35.5. The molecule has 2 heterocycles. The Hall–Kier alpha value is -2.70. The number of aromatic nitrogens is 1. The first-order chi connectivity index (χ1) is 12.6. The molecule has 4 aromatic rings. The molecule has 0 unspecified atom stereocenters. The minimum Gasteiger partial charge on any atom is -0.457 e. The molecule has 1 amide bonds. The molecule has 4 rings (SSSR count). The Kier molecular flexibility index (Phi) is 4.44. The van der Waals surface area contributed by atoms with Crippen LogP contribution < -0.4 is 5.32 Å². The van der Waals surface area contributed by atoms with Gasteiger partial charge in [0.2, 0.25) is 0 Å². The van der Waals surface area contributed by atoms with E-state index in [2.05, 4.69) is 10.3 Å². The Labute approximate surface area is 157 Å². The van der Waals surface area contributed by atoms with E-state index in [0.717, 1.165) is 15.2 Å². The van der Waals surface area contributed by atoms with Crippen molar-refractivity contribution >= 4 is 39.1 Å². The average Bonchev–Trinajstić information content (AvgIpc) is 3.26. The number of furan rings is 1. The highest BCUT2D eigenvalue weighted by molar-refractivity contribution is 7.21. The van der Waals surface area contributed by atoms with Crippen LogP contribution in [0.5, 0.6) is 0 Å². The number of hydrogen-bond acceptors (Lipinski definition) is 4. The molecule has 26 heavy (non-hydrogen) atoms. The van der Waals surface area contributed by atoms with Gasteiger partial charge in [0, 0.05) is 0 Å². The van der Waals surface area contributed by atoms with Crippen LogP contribution in [0, 0.1) is 5.82 Å². The topological polar surface area (TPSA) is 55.1 Å². The van der Waals surface area contributed by atoms with Gasteiger partial charge in [-0.05, 0) is 36.4 Å². The van der Waals surface area contributed by atoms with E-state index < -0.39 is 11.7 Å². The van der Waals surface area contributed by atoms with Gasteiger partial charge in [0.25, 0.3) is 5.91 Å². The molecular formula is C19H12ClFN2O2S. The Morgan fingerprint density at radius 3 is 2.81 bits per heavy atom. The van der Waals surface area contributed by atoms with E-state index in [1.165, 1.54) is 29.5 Å². The van der Waals surface area contributed by atoms with E-state index in [-0.39, 0.29) is 17.1 Å². The molecule has 0 aliphatic carbocycles. The summed E-state index contributed by atoms with van der Waals surface area (Å²) in [5, 5.41) is 3.45. The van der Waals surface area contributed by atoms with E-state index in [4.69, 9.17) is 16.0 Å². The van der Waals surface area contributed by atoms with Gasteiger partial charge in [0.1, 0.15) is 11.6 Å².